The van der Waals surface area contributed by atoms with Crippen LogP contribution < -0.4 is 11.1 Å². The molecule has 0 radical (unpaired) electrons. The number of hydrogen-bond donors (Lipinski definition) is 2. The lowest BCUT2D eigenvalue weighted by Gasteiger charge is -2.09. The van der Waals surface area contributed by atoms with Crippen molar-refractivity contribution in [2.24, 2.45) is 4.99 Å². The van der Waals surface area contributed by atoms with Crippen molar-refractivity contribution in [1.29, 1.82) is 0 Å². The average molecular weight is 436 g/mol. The minimum absolute atomic E-state index is 0.256. The van der Waals surface area contributed by atoms with E-state index in [4.69, 9.17) is 5.73 Å². The van der Waals surface area contributed by atoms with E-state index in [1.54, 1.807) is 23.9 Å². The Morgan fingerprint density at radius 3 is 2.71 bits per heavy atom. The molecule has 0 aliphatic heterocycles. The number of nitrogens with one attached hydrogen (secondary N) is 1. The summed E-state index contributed by atoms with van der Waals surface area (Å²) < 4.78 is 0. The zero-order chi connectivity index (χ0) is 22.9. The van der Waals surface area contributed by atoms with E-state index in [-0.39, 0.29) is 5.95 Å². The molecule has 0 aliphatic carbocycles. The van der Waals surface area contributed by atoms with Crippen molar-refractivity contribution >= 4 is 29.2 Å². The summed E-state index contributed by atoms with van der Waals surface area (Å²) in [6.07, 6.45) is 20.8. The highest BCUT2D eigenvalue weighted by molar-refractivity contribution is 8.03. The first kappa shape index (κ1) is 25.9. The van der Waals surface area contributed by atoms with Gasteiger partial charge in [-0.2, -0.15) is 4.98 Å². The highest BCUT2D eigenvalue weighted by atomic mass is 32.2. The van der Waals surface area contributed by atoms with Gasteiger partial charge in [-0.1, -0.05) is 55.7 Å². The van der Waals surface area contributed by atoms with Crippen LogP contribution >= 0.6 is 11.8 Å². The van der Waals surface area contributed by atoms with Gasteiger partial charge >= 0.3 is 0 Å². The fraction of sp³-hybridized carbons (Fsp3) is 0.240. The first-order valence-electron chi connectivity index (χ1n) is 10.1. The third-order valence-electron chi connectivity index (χ3n) is 3.81. The van der Waals surface area contributed by atoms with Gasteiger partial charge in [0.15, 0.2) is 0 Å². The molecule has 0 spiro atoms. The average Bonchev–Trinajstić information content (AvgIpc) is 2.73. The summed E-state index contributed by atoms with van der Waals surface area (Å²) in [4.78, 5) is 13.9. The maximum atomic E-state index is 5.73. The van der Waals surface area contributed by atoms with E-state index >= 15 is 0 Å². The van der Waals surface area contributed by atoms with Crippen LogP contribution in [-0.4, -0.2) is 28.0 Å². The largest absolute Gasteiger partial charge is 0.368 e. The van der Waals surface area contributed by atoms with E-state index in [0.29, 0.717) is 12.4 Å². The summed E-state index contributed by atoms with van der Waals surface area (Å²) in [5, 5.41) is 3.29. The fourth-order valence-electron chi connectivity index (χ4n) is 2.32. The molecule has 1 heterocycles. The van der Waals surface area contributed by atoms with E-state index in [9.17, 15) is 0 Å². The molecule has 0 aromatic carbocycles. The van der Waals surface area contributed by atoms with Crippen molar-refractivity contribution in [1.82, 2.24) is 9.97 Å². The maximum absolute atomic E-state index is 5.73. The summed E-state index contributed by atoms with van der Waals surface area (Å²) >= 11 is 1.77. The monoisotopic (exact) mass is 435 g/mol. The van der Waals surface area contributed by atoms with Gasteiger partial charge in [0.1, 0.15) is 5.82 Å². The van der Waals surface area contributed by atoms with Gasteiger partial charge in [-0.25, -0.2) is 4.98 Å². The molecule has 0 amide bonds. The second-order valence-electron chi connectivity index (χ2n) is 6.48. The Morgan fingerprint density at radius 1 is 1.23 bits per heavy atom. The Hall–Kier alpha value is -3.12. The Kier molecular flexibility index (Phi) is 13.1. The van der Waals surface area contributed by atoms with Crippen LogP contribution in [-0.2, 0) is 0 Å². The molecular formula is C25H33N5S. The lowest BCUT2D eigenvalue weighted by atomic mass is 10.2. The standard InChI is InChI=1S/C25H33N5S/c1-6-9-15-23(16-12-17-27-20(4)8-3)31-18-11-10-14-22(13-7-2)29-24-19-21(5)28-25(26)30-24/h6-13,15-16,19H,2-3,14,17-18H2,1,4-5H3,(H3,26,28,29,30)/b9-6-,11-10-,16-12?,22-13+,23-15-,27-20?. The van der Waals surface area contributed by atoms with Crippen molar-refractivity contribution in [3.8, 4) is 0 Å². The van der Waals surface area contributed by atoms with Gasteiger partial charge in [-0.05, 0) is 39.0 Å². The molecule has 0 saturated heterocycles. The van der Waals surface area contributed by atoms with E-state index in [1.165, 1.54) is 4.91 Å². The summed E-state index contributed by atoms with van der Waals surface area (Å²) in [5.74, 6) is 1.80. The summed E-state index contributed by atoms with van der Waals surface area (Å²) in [7, 11) is 0. The van der Waals surface area contributed by atoms with Crippen molar-refractivity contribution in [3.05, 3.63) is 96.3 Å². The minimum atomic E-state index is 0.256. The van der Waals surface area contributed by atoms with Crippen molar-refractivity contribution in [2.45, 2.75) is 27.2 Å². The van der Waals surface area contributed by atoms with E-state index in [2.05, 4.69) is 63.8 Å². The van der Waals surface area contributed by atoms with Crippen LogP contribution in [0.15, 0.2) is 95.6 Å². The lowest BCUT2D eigenvalue weighted by Crippen LogP contribution is -2.05. The molecule has 3 N–H and O–H groups in total. The Morgan fingerprint density at radius 2 is 2.03 bits per heavy atom. The van der Waals surface area contributed by atoms with Gasteiger partial charge in [0.05, 0.1) is 6.54 Å². The van der Waals surface area contributed by atoms with E-state index in [0.717, 1.165) is 29.3 Å². The number of aromatic nitrogens is 2. The molecule has 1 aromatic rings. The summed E-state index contributed by atoms with van der Waals surface area (Å²) in [6, 6.07) is 1.86. The Bertz CT molecular complexity index is 884. The molecule has 1 aromatic heterocycles. The quantitative estimate of drug-likeness (QED) is 0.219. The zero-order valence-electron chi connectivity index (χ0n) is 18.7. The predicted molar refractivity (Wildman–Crippen MR) is 140 cm³/mol. The SMILES string of the molecule is C=C/C=C(\C/C=C\CS/C(C=CCN=C(C)C=C)=C\C=C/C)Nc1cc(C)nc(N)n1. The number of thioether (sulfide) groups is 1. The number of anilines is 2. The second-order valence-corrected chi connectivity index (χ2v) is 7.57. The van der Waals surface area contributed by atoms with Crippen molar-refractivity contribution in [2.75, 3.05) is 23.3 Å². The first-order valence-corrected chi connectivity index (χ1v) is 11.1. The molecule has 0 atom stereocenters. The third-order valence-corrected chi connectivity index (χ3v) is 4.77. The zero-order valence-corrected chi connectivity index (χ0v) is 19.5. The topological polar surface area (TPSA) is 76.2 Å². The molecule has 31 heavy (non-hydrogen) atoms. The number of nitrogens with zero attached hydrogens (tertiary/aromatic N) is 3. The Balaban J connectivity index is 2.63. The summed E-state index contributed by atoms with van der Waals surface area (Å²) in [5.41, 5.74) is 8.47. The van der Waals surface area contributed by atoms with E-state index in [1.807, 2.05) is 45.1 Å². The minimum Gasteiger partial charge on any atom is -0.368 e. The predicted octanol–water partition coefficient (Wildman–Crippen LogP) is 6.19. The third kappa shape index (κ3) is 12.2. The fourth-order valence-corrected chi connectivity index (χ4v) is 3.11. The molecule has 0 unspecified atom stereocenters. The first-order chi connectivity index (χ1) is 15.0. The molecule has 1 rings (SSSR count). The molecule has 0 saturated carbocycles. The Labute approximate surface area is 191 Å². The normalized spacial score (nSPS) is 13.5. The van der Waals surface area contributed by atoms with Gasteiger partial charge in [-0.3, -0.25) is 4.99 Å². The number of aryl methyl sites for hydroxylation is 1. The summed E-state index contributed by atoms with van der Waals surface area (Å²) in [6.45, 7) is 14.0. The van der Waals surface area contributed by atoms with Crippen LogP contribution in [0.5, 0.6) is 0 Å². The molecule has 0 aliphatic rings. The molecular weight excluding hydrogens is 402 g/mol. The second kappa shape index (κ2) is 15.7. The van der Waals surface area contributed by atoms with Crippen molar-refractivity contribution < 1.29 is 0 Å². The van der Waals surface area contributed by atoms with Crippen molar-refractivity contribution in [3.63, 3.8) is 0 Å². The van der Waals surface area contributed by atoms with Crippen LogP contribution in [0, 0.1) is 6.92 Å². The smallest absolute Gasteiger partial charge is 0.222 e. The highest BCUT2D eigenvalue weighted by Gasteiger charge is 2.01. The van der Waals surface area contributed by atoms with E-state index < -0.39 is 0 Å². The lowest BCUT2D eigenvalue weighted by molar-refractivity contribution is 1.10. The number of nitrogen functional groups attached to an aromatic ring is 1. The molecule has 5 nitrogen and oxygen atoms in total. The maximum Gasteiger partial charge on any atom is 0.222 e. The van der Waals surface area contributed by atoms with Crippen LogP contribution in [0.3, 0.4) is 0 Å². The van der Waals surface area contributed by atoms with Gasteiger partial charge < -0.3 is 11.1 Å². The van der Waals surface area contributed by atoms with Crippen LogP contribution in [0.2, 0.25) is 0 Å². The molecule has 164 valence electrons. The number of rotatable bonds is 13. The highest BCUT2D eigenvalue weighted by Crippen LogP contribution is 2.18. The number of hydrogen-bond acceptors (Lipinski definition) is 6. The van der Waals surface area contributed by atoms with Crippen LogP contribution in [0.25, 0.3) is 0 Å². The molecule has 6 heteroatoms. The number of aliphatic imine (C=N–C) groups is 1. The van der Waals surface area contributed by atoms with Gasteiger partial charge in [0.25, 0.3) is 0 Å². The number of allylic oxidation sites excluding steroid dienone is 8. The van der Waals surface area contributed by atoms with Gasteiger partial charge in [0.2, 0.25) is 5.95 Å². The molecule has 0 fully saturated rings. The van der Waals surface area contributed by atoms with Crippen LogP contribution in [0.1, 0.15) is 26.0 Å². The van der Waals surface area contributed by atoms with Gasteiger partial charge in [-0.15, -0.1) is 11.8 Å². The number of nitrogens with two attached hydrogens (primary N) is 1. The molecule has 0 bridgehead atoms. The van der Waals surface area contributed by atoms with Gasteiger partial charge in [0, 0.05) is 40.2 Å². The van der Waals surface area contributed by atoms with Crippen LogP contribution in [0.4, 0.5) is 11.8 Å².